The van der Waals surface area contributed by atoms with Crippen LogP contribution >= 0.6 is 0 Å². The number of rotatable bonds is 12. The highest BCUT2D eigenvalue weighted by molar-refractivity contribution is 7.87. The van der Waals surface area contributed by atoms with Crippen LogP contribution in [0.3, 0.4) is 0 Å². The second-order valence-corrected chi connectivity index (χ2v) is 10.3. The molecular weight excluding hydrogens is 431 g/mol. The summed E-state index contributed by atoms with van der Waals surface area (Å²) in [5.74, 6) is 0. The molecule has 2 aromatic carbocycles. The van der Waals surface area contributed by atoms with Crippen molar-refractivity contribution >= 4 is 20.2 Å². The molecule has 0 radical (unpaired) electrons. The lowest BCUT2D eigenvalue weighted by Crippen LogP contribution is -2.11. The number of alkyl halides is 1. The molecule has 0 saturated carbocycles. The normalized spacial score (nSPS) is 12.4. The monoisotopic (exact) mass is 458 g/mol. The Bertz CT molecular complexity index is 917. The van der Waals surface area contributed by atoms with E-state index in [0.29, 0.717) is 0 Å². The first-order valence-corrected chi connectivity index (χ1v) is 12.5. The van der Waals surface area contributed by atoms with Gasteiger partial charge in [0.2, 0.25) is 0 Å². The molecule has 0 bridgehead atoms. The van der Waals surface area contributed by atoms with E-state index in [0.717, 1.165) is 11.1 Å². The summed E-state index contributed by atoms with van der Waals surface area (Å²) in [6, 6.07) is 12.6. The lowest BCUT2D eigenvalue weighted by Gasteiger charge is -2.10. The smallest absolute Gasteiger partial charge is 0.266 e. The molecular formula is C21H27FO6S2. The highest BCUT2D eigenvalue weighted by atomic mass is 32.2. The van der Waals surface area contributed by atoms with Crippen LogP contribution in [-0.4, -0.2) is 36.2 Å². The van der Waals surface area contributed by atoms with E-state index >= 15 is 0 Å². The van der Waals surface area contributed by atoms with Gasteiger partial charge in [0, 0.05) is 0 Å². The van der Waals surface area contributed by atoms with Gasteiger partial charge in [-0.3, -0.25) is 8.37 Å². The Morgan fingerprint density at radius 1 is 0.700 bits per heavy atom. The van der Waals surface area contributed by atoms with Crippen LogP contribution in [0.15, 0.2) is 58.3 Å². The highest BCUT2D eigenvalue weighted by Gasteiger charge is 2.17. The first-order valence-electron chi connectivity index (χ1n) is 9.66. The maximum Gasteiger partial charge on any atom is 0.296 e. The molecule has 0 unspecified atom stereocenters. The summed E-state index contributed by atoms with van der Waals surface area (Å²) in [5, 5.41) is 0. The summed E-state index contributed by atoms with van der Waals surface area (Å²) in [6.45, 7) is 3.47. The van der Waals surface area contributed by atoms with Crippen molar-refractivity contribution in [1.29, 1.82) is 0 Å². The van der Waals surface area contributed by atoms with Gasteiger partial charge in [0.15, 0.2) is 0 Å². The number of aryl methyl sites for hydroxylation is 2. The van der Waals surface area contributed by atoms with Crippen molar-refractivity contribution in [2.45, 2.75) is 55.5 Å². The van der Waals surface area contributed by atoms with E-state index < -0.39 is 26.4 Å². The first kappa shape index (κ1) is 24.5. The number of hydrogen-bond acceptors (Lipinski definition) is 6. The van der Waals surface area contributed by atoms with E-state index in [4.69, 9.17) is 8.37 Å². The SMILES string of the molecule is Cc1ccc(S(=O)(=O)OCCCC(F)CCCOS(=O)(=O)c2ccc(C)cc2)cc1. The van der Waals surface area contributed by atoms with Gasteiger partial charge in [-0.2, -0.15) is 16.8 Å². The molecule has 0 saturated heterocycles. The van der Waals surface area contributed by atoms with Crippen molar-refractivity contribution < 1.29 is 29.6 Å². The van der Waals surface area contributed by atoms with Crippen LogP contribution in [-0.2, 0) is 28.6 Å². The Morgan fingerprint density at radius 2 is 1.03 bits per heavy atom. The molecule has 0 amide bonds. The largest absolute Gasteiger partial charge is 0.296 e. The van der Waals surface area contributed by atoms with Crippen LogP contribution in [0.2, 0.25) is 0 Å². The van der Waals surface area contributed by atoms with Crippen LogP contribution in [0.4, 0.5) is 4.39 Å². The first-order chi connectivity index (χ1) is 14.1. The average molecular weight is 459 g/mol. The number of hydrogen-bond donors (Lipinski definition) is 0. The van der Waals surface area contributed by atoms with Gasteiger partial charge < -0.3 is 0 Å². The molecule has 0 fully saturated rings. The van der Waals surface area contributed by atoms with Gasteiger partial charge in [-0.25, -0.2) is 4.39 Å². The van der Waals surface area contributed by atoms with Crippen molar-refractivity contribution in [2.75, 3.05) is 13.2 Å². The van der Waals surface area contributed by atoms with Gasteiger partial charge >= 0.3 is 0 Å². The Morgan fingerprint density at radius 3 is 1.37 bits per heavy atom. The zero-order valence-electron chi connectivity index (χ0n) is 17.1. The molecule has 9 heteroatoms. The predicted octanol–water partition coefficient (Wildman–Crippen LogP) is 4.31. The minimum absolute atomic E-state index is 0.0665. The molecule has 166 valence electrons. The van der Waals surface area contributed by atoms with Gasteiger partial charge in [-0.1, -0.05) is 35.4 Å². The Labute approximate surface area is 178 Å². The van der Waals surface area contributed by atoms with Gasteiger partial charge in [0.1, 0.15) is 6.17 Å². The molecule has 6 nitrogen and oxygen atoms in total. The lowest BCUT2D eigenvalue weighted by atomic mass is 10.1. The van der Waals surface area contributed by atoms with Crippen molar-refractivity contribution in [1.82, 2.24) is 0 Å². The third-order valence-corrected chi connectivity index (χ3v) is 7.07. The summed E-state index contributed by atoms with van der Waals surface area (Å²) in [6.07, 6.45) is -0.493. The standard InChI is InChI=1S/C21H27FO6S2/c1-17-7-11-20(12-8-17)29(23,24)27-15-3-5-19(22)6-4-16-28-30(25,26)21-13-9-18(2)10-14-21/h7-14,19H,3-6,15-16H2,1-2H3. The fourth-order valence-corrected chi connectivity index (χ4v) is 4.52. The van der Waals surface area contributed by atoms with Crippen molar-refractivity contribution in [3.63, 3.8) is 0 Å². The second-order valence-electron chi connectivity index (χ2n) is 7.06. The summed E-state index contributed by atoms with van der Waals surface area (Å²) >= 11 is 0. The molecule has 0 heterocycles. The van der Waals surface area contributed by atoms with Crippen molar-refractivity contribution in [2.24, 2.45) is 0 Å². The maximum absolute atomic E-state index is 14.0. The van der Waals surface area contributed by atoms with E-state index in [2.05, 4.69) is 0 Å². The van der Waals surface area contributed by atoms with E-state index in [1.165, 1.54) is 24.3 Å². The number of benzene rings is 2. The van der Waals surface area contributed by atoms with Crippen molar-refractivity contribution in [3.8, 4) is 0 Å². The Hall–Kier alpha value is -1.81. The zero-order chi connectivity index (χ0) is 22.2. The van der Waals surface area contributed by atoms with E-state index in [1.54, 1.807) is 24.3 Å². The van der Waals surface area contributed by atoms with Crippen LogP contribution in [0.5, 0.6) is 0 Å². The molecule has 2 rings (SSSR count). The van der Waals surface area contributed by atoms with E-state index in [-0.39, 0.29) is 48.7 Å². The minimum atomic E-state index is -3.85. The van der Waals surface area contributed by atoms with Crippen LogP contribution in [0.1, 0.15) is 36.8 Å². The molecule has 0 aliphatic rings. The number of halogens is 1. The van der Waals surface area contributed by atoms with E-state index in [1.807, 2.05) is 13.8 Å². The summed E-state index contributed by atoms with van der Waals surface area (Å²) in [4.78, 5) is 0.133. The van der Waals surface area contributed by atoms with Crippen LogP contribution in [0.25, 0.3) is 0 Å². The zero-order valence-corrected chi connectivity index (χ0v) is 18.7. The van der Waals surface area contributed by atoms with Gasteiger partial charge in [-0.05, 0) is 63.8 Å². The predicted molar refractivity (Wildman–Crippen MR) is 112 cm³/mol. The Balaban J connectivity index is 1.65. The fraction of sp³-hybridized carbons (Fsp3) is 0.429. The lowest BCUT2D eigenvalue weighted by molar-refractivity contribution is 0.231. The van der Waals surface area contributed by atoms with Gasteiger partial charge in [-0.15, -0.1) is 0 Å². The Kier molecular flexibility index (Phi) is 8.96. The second kappa shape index (κ2) is 11.0. The molecule has 0 spiro atoms. The minimum Gasteiger partial charge on any atom is -0.266 e. The average Bonchev–Trinajstić information content (AvgIpc) is 2.69. The quantitative estimate of drug-likeness (QED) is 0.348. The fourth-order valence-electron chi connectivity index (χ4n) is 2.64. The topological polar surface area (TPSA) is 86.7 Å². The molecule has 0 N–H and O–H groups in total. The maximum atomic E-state index is 14.0. The highest BCUT2D eigenvalue weighted by Crippen LogP contribution is 2.17. The van der Waals surface area contributed by atoms with Crippen LogP contribution in [0, 0.1) is 13.8 Å². The molecule has 30 heavy (non-hydrogen) atoms. The molecule has 0 aromatic heterocycles. The molecule has 0 aliphatic carbocycles. The molecule has 2 aromatic rings. The molecule has 0 atom stereocenters. The van der Waals surface area contributed by atoms with Crippen LogP contribution < -0.4 is 0 Å². The van der Waals surface area contributed by atoms with Crippen molar-refractivity contribution in [3.05, 3.63) is 59.7 Å². The van der Waals surface area contributed by atoms with Gasteiger partial charge in [0.25, 0.3) is 20.2 Å². The third kappa shape index (κ3) is 7.79. The summed E-state index contributed by atoms with van der Waals surface area (Å²) in [7, 11) is -7.70. The summed E-state index contributed by atoms with van der Waals surface area (Å²) < 4.78 is 72.0. The third-order valence-electron chi connectivity index (χ3n) is 4.42. The van der Waals surface area contributed by atoms with E-state index in [9.17, 15) is 21.2 Å². The summed E-state index contributed by atoms with van der Waals surface area (Å²) in [5.41, 5.74) is 1.87. The molecule has 0 aliphatic heterocycles. The van der Waals surface area contributed by atoms with Gasteiger partial charge in [0.05, 0.1) is 23.0 Å².